The Balaban J connectivity index is 1.23. The Morgan fingerprint density at radius 2 is 1.53 bits per heavy atom. The van der Waals surface area contributed by atoms with Gasteiger partial charge in [0.25, 0.3) is 5.91 Å². The van der Waals surface area contributed by atoms with E-state index in [2.05, 4.69) is 41.1 Å². The third kappa shape index (κ3) is 5.50. The molecule has 5 aromatic rings. The summed E-state index contributed by atoms with van der Waals surface area (Å²) in [5.74, 6) is 2.25. The van der Waals surface area contributed by atoms with Crippen LogP contribution >= 0.6 is 0 Å². The fraction of sp³-hybridized carbons (Fsp3) is 0.0769. The van der Waals surface area contributed by atoms with Crippen LogP contribution in [0.25, 0.3) is 5.69 Å². The molecule has 5 rings (SSSR count). The summed E-state index contributed by atoms with van der Waals surface area (Å²) in [7, 11) is 0. The number of hydrogen-bond donors (Lipinski definition) is 3. The molecule has 0 aliphatic rings. The first-order valence-electron chi connectivity index (χ1n) is 11.2. The zero-order valence-electron chi connectivity index (χ0n) is 19.7. The van der Waals surface area contributed by atoms with Crippen molar-refractivity contribution in [2.45, 2.75) is 13.8 Å². The first-order chi connectivity index (χ1) is 17.5. The Bertz CT molecular complexity index is 1500. The van der Waals surface area contributed by atoms with Crippen molar-refractivity contribution in [3.05, 3.63) is 102 Å². The van der Waals surface area contributed by atoms with Gasteiger partial charge in [-0.15, -0.1) is 5.10 Å². The molecule has 2 aromatic carbocycles. The summed E-state index contributed by atoms with van der Waals surface area (Å²) < 4.78 is 0. The fourth-order valence-corrected chi connectivity index (χ4v) is 3.46. The second-order valence-corrected chi connectivity index (χ2v) is 8.04. The van der Waals surface area contributed by atoms with Gasteiger partial charge in [0.1, 0.15) is 23.3 Å². The molecule has 1 amide bonds. The Morgan fingerprint density at radius 3 is 2.28 bits per heavy atom. The summed E-state index contributed by atoms with van der Waals surface area (Å²) in [4.78, 5) is 27.2. The summed E-state index contributed by atoms with van der Waals surface area (Å²) in [6.07, 6.45) is 3.18. The number of carbonyl (C=O) groups is 1. The molecule has 36 heavy (non-hydrogen) atoms. The number of rotatable bonds is 7. The van der Waals surface area contributed by atoms with Gasteiger partial charge in [0.15, 0.2) is 5.69 Å². The minimum atomic E-state index is -0.343. The molecule has 3 heterocycles. The van der Waals surface area contributed by atoms with Crippen molar-refractivity contribution in [2.24, 2.45) is 0 Å². The predicted octanol–water partition coefficient (Wildman–Crippen LogP) is 4.81. The van der Waals surface area contributed by atoms with Crippen molar-refractivity contribution >= 4 is 34.7 Å². The van der Waals surface area contributed by atoms with Crippen molar-refractivity contribution in [1.29, 1.82) is 0 Å². The van der Waals surface area contributed by atoms with E-state index in [4.69, 9.17) is 0 Å². The zero-order chi connectivity index (χ0) is 24.9. The minimum absolute atomic E-state index is 0.223. The maximum absolute atomic E-state index is 12.6. The highest BCUT2D eigenvalue weighted by Gasteiger charge is 2.12. The molecule has 0 aliphatic carbocycles. The molecular formula is C26H23N9O. The van der Waals surface area contributed by atoms with Gasteiger partial charge in [-0.3, -0.25) is 4.79 Å². The highest BCUT2D eigenvalue weighted by atomic mass is 16.2. The van der Waals surface area contributed by atoms with Crippen LogP contribution in [-0.4, -0.2) is 35.9 Å². The maximum Gasteiger partial charge on any atom is 0.277 e. The van der Waals surface area contributed by atoms with Gasteiger partial charge < -0.3 is 16.0 Å². The largest absolute Gasteiger partial charge is 0.340 e. The number of amides is 1. The Hall–Kier alpha value is -5.12. The Morgan fingerprint density at radius 1 is 0.806 bits per heavy atom. The van der Waals surface area contributed by atoms with Crippen molar-refractivity contribution in [3.63, 3.8) is 0 Å². The van der Waals surface area contributed by atoms with E-state index in [1.54, 1.807) is 18.3 Å². The lowest BCUT2D eigenvalue weighted by Crippen LogP contribution is -2.13. The van der Waals surface area contributed by atoms with E-state index in [0.717, 1.165) is 16.9 Å². The lowest BCUT2D eigenvalue weighted by molar-refractivity contribution is 0.102. The van der Waals surface area contributed by atoms with E-state index < -0.39 is 0 Å². The van der Waals surface area contributed by atoms with E-state index in [-0.39, 0.29) is 11.6 Å². The topological polar surface area (TPSA) is 123 Å². The Kier molecular flexibility index (Phi) is 6.31. The number of aryl methyl sites for hydroxylation is 2. The van der Waals surface area contributed by atoms with Crippen molar-refractivity contribution < 1.29 is 4.79 Å². The molecule has 0 radical (unpaired) electrons. The van der Waals surface area contributed by atoms with Crippen LogP contribution in [0.2, 0.25) is 0 Å². The summed E-state index contributed by atoms with van der Waals surface area (Å²) in [6, 6.07) is 22.4. The number of pyridine rings is 1. The van der Waals surface area contributed by atoms with Crippen LogP contribution < -0.4 is 16.0 Å². The number of carbonyl (C=O) groups excluding carboxylic acids is 1. The molecule has 3 N–H and O–H groups in total. The van der Waals surface area contributed by atoms with Gasteiger partial charge in [-0.25, -0.2) is 15.0 Å². The highest BCUT2D eigenvalue weighted by molar-refractivity contribution is 6.02. The molecule has 0 saturated heterocycles. The van der Waals surface area contributed by atoms with Crippen molar-refractivity contribution in [3.8, 4) is 5.69 Å². The van der Waals surface area contributed by atoms with E-state index in [1.807, 2.05) is 74.5 Å². The number of anilines is 5. The number of aromatic nitrogens is 6. The molecule has 0 aliphatic heterocycles. The van der Waals surface area contributed by atoms with Crippen LogP contribution in [0.4, 0.5) is 28.8 Å². The standard InChI is InChI=1S/C26H23N9O/c1-17-12-13-27-23(14-17)33-25-15-24(29-18(2)30-25)31-19-8-10-20(11-9-19)32-26(36)22-16-28-35(34-22)21-6-4-3-5-7-21/h3-16H,1-2H3,(H,32,36)(H2,27,29,30,31,33). The number of nitrogens with one attached hydrogen (secondary N) is 3. The van der Waals surface area contributed by atoms with Crippen LogP contribution in [0.15, 0.2) is 85.2 Å². The van der Waals surface area contributed by atoms with Crippen molar-refractivity contribution in [2.75, 3.05) is 16.0 Å². The van der Waals surface area contributed by atoms with Gasteiger partial charge in [0.2, 0.25) is 0 Å². The maximum atomic E-state index is 12.6. The molecule has 0 saturated carbocycles. The molecule has 0 atom stereocenters. The summed E-state index contributed by atoms with van der Waals surface area (Å²) in [5, 5.41) is 17.7. The van der Waals surface area contributed by atoms with Crippen molar-refractivity contribution in [1.82, 2.24) is 29.9 Å². The summed E-state index contributed by atoms with van der Waals surface area (Å²) in [6.45, 7) is 3.83. The smallest absolute Gasteiger partial charge is 0.277 e. The molecule has 0 unspecified atom stereocenters. The molecule has 0 bridgehead atoms. The monoisotopic (exact) mass is 477 g/mol. The average molecular weight is 478 g/mol. The SMILES string of the molecule is Cc1ccnc(Nc2cc(Nc3ccc(NC(=O)c4cnn(-c5ccccc5)n4)cc3)nc(C)n2)c1. The molecule has 10 nitrogen and oxygen atoms in total. The zero-order valence-corrected chi connectivity index (χ0v) is 19.7. The van der Waals surface area contributed by atoms with Gasteiger partial charge in [0.05, 0.1) is 11.9 Å². The van der Waals surface area contributed by atoms with E-state index in [9.17, 15) is 4.79 Å². The first kappa shape index (κ1) is 22.7. The normalized spacial score (nSPS) is 10.6. The van der Waals surface area contributed by atoms with Gasteiger partial charge in [0, 0.05) is 23.6 Å². The minimum Gasteiger partial charge on any atom is -0.340 e. The second-order valence-electron chi connectivity index (χ2n) is 8.04. The second kappa shape index (κ2) is 10.0. The number of para-hydroxylation sites is 1. The number of benzene rings is 2. The molecule has 10 heteroatoms. The molecule has 3 aromatic heterocycles. The molecule has 178 valence electrons. The first-order valence-corrected chi connectivity index (χ1v) is 11.2. The molecule has 0 spiro atoms. The van der Waals surface area contributed by atoms with E-state index in [0.29, 0.717) is 29.0 Å². The number of nitrogens with zero attached hydrogens (tertiary/aromatic N) is 6. The van der Waals surface area contributed by atoms with Crippen LogP contribution in [0, 0.1) is 13.8 Å². The Labute approximate surface area is 207 Å². The molecule has 0 fully saturated rings. The predicted molar refractivity (Wildman–Crippen MR) is 138 cm³/mol. The van der Waals surface area contributed by atoms with Gasteiger partial charge in [-0.2, -0.15) is 9.90 Å². The quantitative estimate of drug-likeness (QED) is 0.305. The van der Waals surface area contributed by atoms with Gasteiger partial charge in [-0.05, 0) is 67.9 Å². The third-order valence-corrected chi connectivity index (χ3v) is 5.14. The average Bonchev–Trinajstić information content (AvgIpc) is 3.36. The lowest BCUT2D eigenvalue weighted by Gasteiger charge is -2.11. The number of hydrogen-bond acceptors (Lipinski definition) is 8. The van der Waals surface area contributed by atoms with Gasteiger partial charge >= 0.3 is 0 Å². The van der Waals surface area contributed by atoms with E-state index in [1.165, 1.54) is 11.0 Å². The molecular weight excluding hydrogens is 454 g/mol. The van der Waals surface area contributed by atoms with Crippen LogP contribution in [0.5, 0.6) is 0 Å². The van der Waals surface area contributed by atoms with Crippen LogP contribution in [0.3, 0.4) is 0 Å². The van der Waals surface area contributed by atoms with Crippen LogP contribution in [0.1, 0.15) is 21.9 Å². The lowest BCUT2D eigenvalue weighted by atomic mass is 10.2. The van der Waals surface area contributed by atoms with E-state index >= 15 is 0 Å². The summed E-state index contributed by atoms with van der Waals surface area (Å²) in [5.41, 5.74) is 3.54. The highest BCUT2D eigenvalue weighted by Crippen LogP contribution is 2.21. The summed E-state index contributed by atoms with van der Waals surface area (Å²) >= 11 is 0. The van der Waals surface area contributed by atoms with Crippen LogP contribution in [-0.2, 0) is 0 Å². The third-order valence-electron chi connectivity index (χ3n) is 5.14. The van der Waals surface area contributed by atoms with Gasteiger partial charge in [-0.1, -0.05) is 18.2 Å². The fourth-order valence-electron chi connectivity index (χ4n) is 3.46.